The number of aromatic nitrogens is 1. The lowest BCUT2D eigenvalue weighted by Gasteiger charge is -2.05. The van der Waals surface area contributed by atoms with Crippen molar-refractivity contribution in [2.45, 2.75) is 19.3 Å². The molecule has 0 spiro atoms. The van der Waals surface area contributed by atoms with Crippen LogP contribution < -0.4 is 10.6 Å². The van der Waals surface area contributed by atoms with Crippen molar-refractivity contribution in [1.82, 2.24) is 10.3 Å². The Bertz CT molecular complexity index is 665. The molecule has 3 rings (SSSR count). The van der Waals surface area contributed by atoms with Gasteiger partial charge in [-0.1, -0.05) is 29.3 Å². The fraction of sp³-hybridized carbons (Fsp3) is 0.333. The molecule has 0 saturated heterocycles. The summed E-state index contributed by atoms with van der Waals surface area (Å²) in [5, 5.41) is 9.51. The minimum atomic E-state index is -0.209. The second-order valence-electron chi connectivity index (χ2n) is 5.28. The second-order valence-corrected chi connectivity index (χ2v) is 7.04. The van der Waals surface area contributed by atoms with Gasteiger partial charge in [0.15, 0.2) is 0 Å². The highest BCUT2D eigenvalue weighted by Crippen LogP contribution is 2.29. The summed E-state index contributed by atoms with van der Waals surface area (Å²) in [6.07, 6.45) is 2.97. The van der Waals surface area contributed by atoms with Crippen molar-refractivity contribution in [1.29, 1.82) is 0 Å². The third-order valence-electron chi connectivity index (χ3n) is 3.43. The van der Waals surface area contributed by atoms with E-state index >= 15 is 0 Å². The zero-order valence-electron chi connectivity index (χ0n) is 11.7. The number of carbonyl (C=O) groups excluding carboxylic acids is 1. The van der Waals surface area contributed by atoms with Crippen molar-refractivity contribution in [3.8, 4) is 0 Å². The first-order valence-electron chi connectivity index (χ1n) is 7.04. The molecule has 2 N–H and O–H groups in total. The molecule has 4 nitrogen and oxygen atoms in total. The predicted octanol–water partition coefficient (Wildman–Crippen LogP) is 4.57. The molecule has 1 aromatic carbocycles. The number of hydrogen-bond donors (Lipinski definition) is 2. The first kappa shape index (κ1) is 15.6. The quantitative estimate of drug-likeness (QED) is 0.824. The molecule has 1 heterocycles. The average molecular weight is 356 g/mol. The summed E-state index contributed by atoms with van der Waals surface area (Å²) in [6, 6.07) is 5.22. The summed E-state index contributed by atoms with van der Waals surface area (Å²) in [6.45, 7) is 0.734. The van der Waals surface area contributed by atoms with Crippen LogP contribution in [-0.4, -0.2) is 17.6 Å². The number of benzene rings is 1. The number of urea groups is 1. The molecule has 0 aliphatic heterocycles. The summed E-state index contributed by atoms with van der Waals surface area (Å²) < 4.78 is 0. The molecule has 1 fully saturated rings. The Balaban J connectivity index is 1.59. The van der Waals surface area contributed by atoms with Crippen LogP contribution in [-0.2, 0) is 6.42 Å². The van der Waals surface area contributed by atoms with Crippen LogP contribution >= 0.6 is 34.5 Å². The van der Waals surface area contributed by atoms with Crippen LogP contribution in [0.1, 0.15) is 23.4 Å². The molecule has 2 aromatic rings. The molecule has 1 aliphatic carbocycles. The third-order valence-corrected chi connectivity index (χ3v) is 4.99. The van der Waals surface area contributed by atoms with Crippen LogP contribution in [0.3, 0.4) is 0 Å². The molecule has 116 valence electrons. The number of rotatable bonds is 5. The molecule has 0 radical (unpaired) electrons. The Hall–Kier alpha value is -1.30. The standard InChI is InChI=1S/C15H15Cl2N3OS/c16-11-2-1-3-12(17)10(11)6-14-19-13(8-22-14)20-15(21)18-7-9-4-5-9/h1-3,8-9H,4-7H2,(H2,18,20,21). The van der Waals surface area contributed by atoms with Gasteiger partial charge in [-0.05, 0) is 36.5 Å². The number of nitrogens with one attached hydrogen (secondary N) is 2. The van der Waals surface area contributed by atoms with E-state index in [9.17, 15) is 4.79 Å². The van der Waals surface area contributed by atoms with Crippen molar-refractivity contribution < 1.29 is 4.79 Å². The molecule has 1 aromatic heterocycles. The van der Waals surface area contributed by atoms with Gasteiger partial charge in [-0.3, -0.25) is 5.32 Å². The minimum Gasteiger partial charge on any atom is -0.338 e. The Kier molecular flexibility index (Phi) is 4.86. The molecule has 7 heteroatoms. The highest BCUT2D eigenvalue weighted by atomic mass is 35.5. The minimum absolute atomic E-state index is 0.209. The zero-order valence-corrected chi connectivity index (χ0v) is 14.1. The number of thiazole rings is 1. The number of hydrogen-bond acceptors (Lipinski definition) is 3. The number of anilines is 1. The summed E-state index contributed by atoms with van der Waals surface area (Å²) in [7, 11) is 0. The lowest BCUT2D eigenvalue weighted by atomic mass is 10.1. The molecular formula is C15H15Cl2N3OS. The second kappa shape index (κ2) is 6.86. The van der Waals surface area contributed by atoms with E-state index in [1.165, 1.54) is 24.2 Å². The highest BCUT2D eigenvalue weighted by molar-refractivity contribution is 7.10. The summed E-state index contributed by atoms with van der Waals surface area (Å²) in [4.78, 5) is 16.1. The van der Waals surface area contributed by atoms with Gasteiger partial charge in [0.2, 0.25) is 0 Å². The fourth-order valence-corrected chi connectivity index (χ4v) is 3.29. The normalized spacial score (nSPS) is 13.9. The number of halogens is 2. The van der Waals surface area contributed by atoms with Gasteiger partial charge >= 0.3 is 6.03 Å². The summed E-state index contributed by atoms with van der Waals surface area (Å²) >= 11 is 13.8. The van der Waals surface area contributed by atoms with E-state index in [4.69, 9.17) is 23.2 Å². The van der Waals surface area contributed by atoms with Crippen LogP contribution in [0.5, 0.6) is 0 Å². The van der Waals surface area contributed by atoms with E-state index in [0.29, 0.717) is 28.2 Å². The van der Waals surface area contributed by atoms with Gasteiger partial charge in [-0.2, -0.15) is 0 Å². The largest absolute Gasteiger partial charge is 0.338 e. The Morgan fingerprint density at radius 3 is 2.73 bits per heavy atom. The molecule has 22 heavy (non-hydrogen) atoms. The SMILES string of the molecule is O=C(NCC1CC1)Nc1csc(Cc2c(Cl)cccc2Cl)n1. The molecule has 0 atom stereocenters. The van der Waals surface area contributed by atoms with E-state index in [0.717, 1.165) is 17.1 Å². The summed E-state index contributed by atoms with van der Waals surface area (Å²) in [5.74, 6) is 1.20. The number of nitrogens with zero attached hydrogens (tertiary/aromatic N) is 1. The van der Waals surface area contributed by atoms with Gasteiger partial charge < -0.3 is 5.32 Å². The predicted molar refractivity (Wildman–Crippen MR) is 91.1 cm³/mol. The first-order valence-corrected chi connectivity index (χ1v) is 8.67. The lowest BCUT2D eigenvalue weighted by molar-refractivity contribution is 0.251. The van der Waals surface area contributed by atoms with Gasteiger partial charge in [0.1, 0.15) is 5.82 Å². The van der Waals surface area contributed by atoms with Gasteiger partial charge in [0.05, 0.1) is 5.01 Å². The number of amides is 2. The maximum absolute atomic E-state index is 11.7. The monoisotopic (exact) mass is 355 g/mol. The molecule has 0 unspecified atom stereocenters. The molecule has 2 amide bonds. The van der Waals surface area contributed by atoms with Crippen LogP contribution in [0.15, 0.2) is 23.6 Å². The van der Waals surface area contributed by atoms with Crippen LogP contribution in [0.4, 0.5) is 10.6 Å². The Morgan fingerprint density at radius 1 is 1.32 bits per heavy atom. The van der Waals surface area contributed by atoms with E-state index < -0.39 is 0 Å². The van der Waals surface area contributed by atoms with Crippen LogP contribution in [0, 0.1) is 5.92 Å². The van der Waals surface area contributed by atoms with Crippen molar-refractivity contribution in [2.75, 3.05) is 11.9 Å². The smallest absolute Gasteiger partial charge is 0.320 e. The summed E-state index contributed by atoms with van der Waals surface area (Å²) in [5.41, 5.74) is 0.852. The van der Waals surface area contributed by atoms with Gasteiger partial charge in [-0.15, -0.1) is 11.3 Å². The first-order chi connectivity index (χ1) is 10.6. The van der Waals surface area contributed by atoms with Crippen molar-refractivity contribution in [3.63, 3.8) is 0 Å². The van der Waals surface area contributed by atoms with E-state index in [1.807, 2.05) is 11.4 Å². The molecule has 1 aliphatic rings. The molecule has 1 saturated carbocycles. The van der Waals surface area contributed by atoms with Gasteiger partial charge in [-0.25, -0.2) is 9.78 Å². The number of carbonyl (C=O) groups is 1. The highest BCUT2D eigenvalue weighted by Gasteiger charge is 2.21. The maximum atomic E-state index is 11.7. The van der Waals surface area contributed by atoms with E-state index in [1.54, 1.807) is 12.1 Å². The zero-order chi connectivity index (χ0) is 15.5. The Labute approximate surface area is 142 Å². The lowest BCUT2D eigenvalue weighted by Crippen LogP contribution is -2.30. The van der Waals surface area contributed by atoms with Crippen LogP contribution in [0.25, 0.3) is 0 Å². The third kappa shape index (κ3) is 4.12. The Morgan fingerprint density at radius 2 is 2.05 bits per heavy atom. The maximum Gasteiger partial charge on any atom is 0.320 e. The van der Waals surface area contributed by atoms with Crippen molar-refractivity contribution >= 4 is 46.4 Å². The van der Waals surface area contributed by atoms with Gasteiger partial charge in [0.25, 0.3) is 0 Å². The van der Waals surface area contributed by atoms with Crippen LogP contribution in [0.2, 0.25) is 10.0 Å². The van der Waals surface area contributed by atoms with E-state index in [2.05, 4.69) is 15.6 Å². The average Bonchev–Trinajstić information content (AvgIpc) is 3.21. The van der Waals surface area contributed by atoms with E-state index in [-0.39, 0.29) is 6.03 Å². The molecular weight excluding hydrogens is 341 g/mol. The fourth-order valence-electron chi connectivity index (χ4n) is 2.02. The van der Waals surface area contributed by atoms with Gasteiger partial charge in [0, 0.05) is 28.4 Å². The van der Waals surface area contributed by atoms with Crippen molar-refractivity contribution in [3.05, 3.63) is 44.2 Å². The molecule has 0 bridgehead atoms. The topological polar surface area (TPSA) is 54.0 Å². The van der Waals surface area contributed by atoms with Crippen molar-refractivity contribution in [2.24, 2.45) is 5.92 Å².